The second-order valence-electron chi connectivity index (χ2n) is 5.11. The Morgan fingerprint density at radius 2 is 1.58 bits per heavy atom. The Balaban J connectivity index is 4.35. The summed E-state index contributed by atoms with van der Waals surface area (Å²) < 4.78 is 0. The maximum atomic E-state index is 4.25. The van der Waals surface area contributed by atoms with E-state index in [0.717, 1.165) is 17.8 Å². The Labute approximate surface area is 78.8 Å². The van der Waals surface area contributed by atoms with Crippen molar-refractivity contribution in [1.29, 1.82) is 0 Å². The minimum atomic E-state index is 0.221. The summed E-state index contributed by atoms with van der Waals surface area (Å²) in [6.07, 6.45) is 1.25. The summed E-state index contributed by atoms with van der Waals surface area (Å²) in [7, 11) is 0. The van der Waals surface area contributed by atoms with Crippen molar-refractivity contribution in [3.8, 4) is 0 Å². The lowest BCUT2D eigenvalue weighted by Crippen LogP contribution is -2.29. The van der Waals surface area contributed by atoms with E-state index in [1.54, 1.807) is 0 Å². The zero-order valence-electron chi connectivity index (χ0n) is 9.65. The number of hydrogen-bond donors (Lipinski definition) is 0. The Hall–Kier alpha value is 0. The predicted octanol–water partition coefficient (Wildman–Crippen LogP) is 4.16. The van der Waals surface area contributed by atoms with Crippen LogP contribution < -0.4 is 0 Å². The monoisotopic (exact) mass is 169 g/mol. The topological polar surface area (TPSA) is 0 Å². The molecule has 0 aliphatic carbocycles. The van der Waals surface area contributed by atoms with Crippen LogP contribution >= 0.6 is 0 Å². The molecule has 0 amide bonds. The molecule has 0 spiro atoms. The third kappa shape index (κ3) is 3.16. The molecular formula is C12H25. The lowest BCUT2D eigenvalue weighted by molar-refractivity contribution is 0.152. The van der Waals surface area contributed by atoms with Gasteiger partial charge in [0.1, 0.15) is 0 Å². The zero-order valence-corrected chi connectivity index (χ0v) is 9.65. The maximum Gasteiger partial charge on any atom is -0.0323 e. The number of rotatable bonds is 4. The van der Waals surface area contributed by atoms with Gasteiger partial charge in [0, 0.05) is 0 Å². The van der Waals surface area contributed by atoms with E-state index >= 15 is 0 Å². The largest absolute Gasteiger partial charge is 0.0651 e. The lowest BCUT2D eigenvalue weighted by Gasteiger charge is -2.36. The van der Waals surface area contributed by atoms with Gasteiger partial charge in [-0.05, 0) is 30.1 Å². The van der Waals surface area contributed by atoms with Gasteiger partial charge in [-0.2, -0.15) is 0 Å². The van der Waals surface area contributed by atoms with Gasteiger partial charge >= 0.3 is 0 Å². The number of hydrogen-bond acceptors (Lipinski definition) is 0. The Kier molecular flexibility index (Phi) is 4.30. The molecule has 0 saturated carbocycles. The van der Waals surface area contributed by atoms with Crippen LogP contribution in [0.1, 0.15) is 48.0 Å². The van der Waals surface area contributed by atoms with Crippen LogP contribution in [-0.2, 0) is 0 Å². The van der Waals surface area contributed by atoms with Crippen molar-refractivity contribution < 1.29 is 0 Å². The smallest absolute Gasteiger partial charge is 0.0323 e. The summed E-state index contributed by atoms with van der Waals surface area (Å²) in [6.45, 7) is 18.0. The third-order valence-electron chi connectivity index (χ3n) is 3.13. The van der Waals surface area contributed by atoms with Gasteiger partial charge in [0.15, 0.2) is 0 Å². The normalized spacial score (nSPS) is 18.0. The molecule has 0 heterocycles. The molecule has 0 aromatic rings. The average Bonchev–Trinajstić information content (AvgIpc) is 1.85. The molecule has 0 saturated heterocycles. The Morgan fingerprint density at radius 1 is 1.17 bits per heavy atom. The molecule has 0 heteroatoms. The average molecular weight is 169 g/mol. The maximum absolute atomic E-state index is 4.25. The van der Waals surface area contributed by atoms with Gasteiger partial charge in [-0.25, -0.2) is 0 Å². The van der Waals surface area contributed by atoms with Crippen LogP contribution in [0.5, 0.6) is 0 Å². The first-order valence-electron chi connectivity index (χ1n) is 5.16. The summed E-state index contributed by atoms with van der Waals surface area (Å²) in [5.74, 6) is 2.30. The predicted molar refractivity (Wildman–Crippen MR) is 56.9 cm³/mol. The molecule has 0 rings (SSSR count). The van der Waals surface area contributed by atoms with Crippen molar-refractivity contribution in [2.24, 2.45) is 23.2 Å². The molecule has 0 nitrogen and oxygen atoms in total. The fraction of sp³-hybridized carbons (Fsp3) is 0.917. The van der Waals surface area contributed by atoms with Gasteiger partial charge in [-0.1, -0.05) is 48.0 Å². The van der Waals surface area contributed by atoms with Gasteiger partial charge in [-0.3, -0.25) is 0 Å². The Morgan fingerprint density at radius 3 is 1.67 bits per heavy atom. The summed E-state index contributed by atoms with van der Waals surface area (Å²) in [5, 5.41) is 0. The first-order valence-corrected chi connectivity index (χ1v) is 5.16. The molecule has 0 bridgehead atoms. The van der Waals surface area contributed by atoms with Crippen LogP contribution in [0.15, 0.2) is 0 Å². The molecule has 12 heavy (non-hydrogen) atoms. The highest BCUT2D eigenvalue weighted by atomic mass is 14.3. The second-order valence-corrected chi connectivity index (χ2v) is 5.11. The highest BCUT2D eigenvalue weighted by molar-refractivity contribution is 4.83. The quantitative estimate of drug-likeness (QED) is 0.592. The van der Waals surface area contributed by atoms with Crippen molar-refractivity contribution in [1.82, 2.24) is 0 Å². The summed E-state index contributed by atoms with van der Waals surface area (Å²) in [4.78, 5) is 0. The molecule has 0 aliphatic rings. The molecule has 1 radical (unpaired) electrons. The molecule has 2 atom stereocenters. The first kappa shape index (κ1) is 12.0. The SMILES string of the molecule is [CH2]C(C)(C)C(CC)C(C)C(C)C. The van der Waals surface area contributed by atoms with E-state index in [9.17, 15) is 0 Å². The molecular weight excluding hydrogens is 144 g/mol. The van der Waals surface area contributed by atoms with Crippen molar-refractivity contribution >= 4 is 0 Å². The molecule has 0 aromatic carbocycles. The van der Waals surface area contributed by atoms with Crippen molar-refractivity contribution in [3.05, 3.63) is 6.92 Å². The van der Waals surface area contributed by atoms with Crippen LogP contribution in [0.4, 0.5) is 0 Å². The zero-order chi connectivity index (χ0) is 9.94. The van der Waals surface area contributed by atoms with E-state index < -0.39 is 0 Å². The highest BCUT2D eigenvalue weighted by Gasteiger charge is 2.29. The van der Waals surface area contributed by atoms with Crippen molar-refractivity contribution in [3.63, 3.8) is 0 Å². The van der Waals surface area contributed by atoms with Gasteiger partial charge in [0.25, 0.3) is 0 Å². The summed E-state index contributed by atoms with van der Waals surface area (Å²) in [6, 6.07) is 0. The Bertz CT molecular complexity index is 116. The molecule has 73 valence electrons. The molecule has 0 aliphatic heterocycles. The molecule has 2 unspecified atom stereocenters. The van der Waals surface area contributed by atoms with Gasteiger partial charge in [0.05, 0.1) is 0 Å². The lowest BCUT2D eigenvalue weighted by atomic mass is 9.69. The molecule has 0 aromatic heterocycles. The van der Waals surface area contributed by atoms with E-state index in [4.69, 9.17) is 0 Å². The van der Waals surface area contributed by atoms with Crippen LogP contribution in [-0.4, -0.2) is 0 Å². The van der Waals surface area contributed by atoms with Crippen LogP contribution in [0, 0.1) is 30.1 Å². The first-order chi connectivity index (χ1) is 5.30. The van der Waals surface area contributed by atoms with E-state index in [1.807, 2.05) is 0 Å². The van der Waals surface area contributed by atoms with Crippen molar-refractivity contribution in [2.45, 2.75) is 48.0 Å². The summed E-state index contributed by atoms with van der Waals surface area (Å²) in [5.41, 5.74) is 0.221. The van der Waals surface area contributed by atoms with Crippen molar-refractivity contribution in [2.75, 3.05) is 0 Å². The van der Waals surface area contributed by atoms with E-state index in [0.29, 0.717) is 0 Å². The fourth-order valence-corrected chi connectivity index (χ4v) is 2.10. The van der Waals surface area contributed by atoms with E-state index in [2.05, 4.69) is 48.5 Å². The molecule has 0 fully saturated rings. The second kappa shape index (κ2) is 4.30. The van der Waals surface area contributed by atoms with Gasteiger partial charge < -0.3 is 0 Å². The highest BCUT2D eigenvalue weighted by Crippen LogP contribution is 2.37. The fourth-order valence-electron chi connectivity index (χ4n) is 2.10. The summed E-state index contributed by atoms with van der Waals surface area (Å²) >= 11 is 0. The van der Waals surface area contributed by atoms with Gasteiger partial charge in [-0.15, -0.1) is 0 Å². The van der Waals surface area contributed by atoms with Crippen LogP contribution in [0.2, 0.25) is 0 Å². The van der Waals surface area contributed by atoms with Gasteiger partial charge in [0.2, 0.25) is 0 Å². The van der Waals surface area contributed by atoms with E-state index in [1.165, 1.54) is 6.42 Å². The molecule has 0 N–H and O–H groups in total. The van der Waals surface area contributed by atoms with E-state index in [-0.39, 0.29) is 5.41 Å². The third-order valence-corrected chi connectivity index (χ3v) is 3.13. The van der Waals surface area contributed by atoms with Crippen LogP contribution in [0.25, 0.3) is 0 Å². The minimum Gasteiger partial charge on any atom is -0.0651 e. The van der Waals surface area contributed by atoms with Crippen LogP contribution in [0.3, 0.4) is 0 Å². The standard InChI is InChI=1S/C12H25/c1-8-11(12(5,6)7)10(4)9(2)3/h9-11H,5,8H2,1-4,6-7H3. The minimum absolute atomic E-state index is 0.221.